The van der Waals surface area contributed by atoms with Gasteiger partial charge in [0.25, 0.3) is 0 Å². The number of rotatable bonds is 10. The van der Waals surface area contributed by atoms with Gasteiger partial charge in [-0.1, -0.05) is 72.8 Å². The molecule has 7 rings (SSSR count). The van der Waals surface area contributed by atoms with Crippen LogP contribution in [0.4, 0.5) is 0 Å². The molecule has 4 N–H and O–H groups in total. The molecule has 296 valence electrons. The van der Waals surface area contributed by atoms with Gasteiger partial charge in [0, 0.05) is 30.6 Å². The second-order valence-corrected chi connectivity index (χ2v) is 15.2. The van der Waals surface area contributed by atoms with E-state index < -0.39 is 41.4 Å². The van der Waals surface area contributed by atoms with Gasteiger partial charge in [0.15, 0.2) is 23.0 Å². The Hall–Kier alpha value is -6.00. The minimum Gasteiger partial charge on any atom is -0.508 e. The molecule has 2 aliphatic carbocycles. The molecular formula is C47H48O10. The highest BCUT2D eigenvalue weighted by Crippen LogP contribution is 2.59. The summed E-state index contributed by atoms with van der Waals surface area (Å²) in [7, 11) is 2.97. The molecule has 0 radical (unpaired) electrons. The smallest absolute Gasteiger partial charge is 0.310 e. The molecule has 0 bridgehead atoms. The first-order valence-corrected chi connectivity index (χ1v) is 19.2. The average Bonchev–Trinajstić information content (AvgIpc) is 3.19. The van der Waals surface area contributed by atoms with Crippen molar-refractivity contribution in [3.05, 3.63) is 131 Å². The molecule has 6 unspecified atom stereocenters. The van der Waals surface area contributed by atoms with E-state index >= 15 is 0 Å². The molecule has 0 heterocycles. The van der Waals surface area contributed by atoms with E-state index in [1.807, 2.05) is 60.7 Å². The van der Waals surface area contributed by atoms with E-state index in [-0.39, 0.29) is 42.6 Å². The summed E-state index contributed by atoms with van der Waals surface area (Å²) < 4.78 is 23.7. The van der Waals surface area contributed by atoms with Gasteiger partial charge >= 0.3 is 11.9 Å². The molecule has 2 aliphatic rings. The fraction of sp³-hybridized carbons (Fsp3) is 0.319. The number of methoxy groups -OCH3 is 2. The number of carbonyl (C=O) groups is 2. The number of ether oxygens (including phenoxy) is 4. The largest absolute Gasteiger partial charge is 0.508 e. The quantitative estimate of drug-likeness (QED) is 0.103. The van der Waals surface area contributed by atoms with Crippen LogP contribution in [0.3, 0.4) is 0 Å². The van der Waals surface area contributed by atoms with Crippen molar-refractivity contribution in [1.29, 1.82) is 0 Å². The summed E-state index contributed by atoms with van der Waals surface area (Å²) in [4.78, 5) is 26.8. The van der Waals surface area contributed by atoms with Crippen molar-refractivity contribution in [2.75, 3.05) is 20.8 Å². The highest BCUT2D eigenvalue weighted by molar-refractivity contribution is 5.85. The predicted octanol–water partition coefficient (Wildman–Crippen LogP) is 7.98. The number of allylic oxidation sites excluding steroid dienone is 1. The van der Waals surface area contributed by atoms with Gasteiger partial charge in [-0.25, -0.2) is 0 Å². The van der Waals surface area contributed by atoms with Crippen molar-refractivity contribution < 1.29 is 49.0 Å². The van der Waals surface area contributed by atoms with Crippen LogP contribution >= 0.6 is 0 Å². The number of phenolic OH excluding ortho intramolecular Hbond substituents is 3. The molecule has 0 aliphatic heterocycles. The van der Waals surface area contributed by atoms with Crippen molar-refractivity contribution in [2.45, 2.75) is 63.1 Å². The van der Waals surface area contributed by atoms with Gasteiger partial charge in [-0.15, -0.1) is 0 Å². The van der Waals surface area contributed by atoms with Crippen LogP contribution in [0, 0.1) is 11.3 Å². The maximum Gasteiger partial charge on any atom is 0.310 e. The number of carbonyl (C=O) groups excluding carboxylic acids is 2. The third kappa shape index (κ3) is 8.27. The third-order valence-corrected chi connectivity index (χ3v) is 11.8. The van der Waals surface area contributed by atoms with Crippen LogP contribution in [0.2, 0.25) is 0 Å². The third-order valence-electron chi connectivity index (χ3n) is 11.8. The first-order chi connectivity index (χ1) is 27.5. The lowest BCUT2D eigenvalue weighted by molar-refractivity contribution is -0.162. The molecular weight excluding hydrogens is 725 g/mol. The average molecular weight is 773 g/mol. The van der Waals surface area contributed by atoms with E-state index in [1.165, 1.54) is 21.1 Å². The lowest BCUT2D eigenvalue weighted by Crippen LogP contribution is -2.51. The molecule has 5 aromatic rings. The van der Waals surface area contributed by atoms with Gasteiger partial charge in [-0.2, -0.15) is 0 Å². The van der Waals surface area contributed by atoms with Gasteiger partial charge in [-0.3, -0.25) is 9.59 Å². The molecule has 6 atom stereocenters. The fourth-order valence-electron chi connectivity index (χ4n) is 9.20. The number of esters is 2. The molecule has 1 saturated carbocycles. The number of benzene rings is 5. The molecule has 0 saturated heterocycles. The highest BCUT2D eigenvalue weighted by atomic mass is 16.6. The minimum atomic E-state index is -0.872. The van der Waals surface area contributed by atoms with Crippen molar-refractivity contribution >= 4 is 28.8 Å². The number of aliphatic hydroxyl groups is 1. The van der Waals surface area contributed by atoms with Gasteiger partial charge in [0.05, 0.1) is 27.2 Å². The fourth-order valence-corrected chi connectivity index (χ4v) is 9.20. The minimum absolute atomic E-state index is 0.000321. The molecule has 10 nitrogen and oxygen atoms in total. The monoisotopic (exact) mass is 772 g/mol. The van der Waals surface area contributed by atoms with E-state index in [1.54, 1.807) is 42.5 Å². The summed E-state index contributed by atoms with van der Waals surface area (Å²) in [6.07, 6.45) is 4.06. The second kappa shape index (κ2) is 16.6. The molecule has 10 heteroatoms. The Balaban J connectivity index is 1.35. The summed E-state index contributed by atoms with van der Waals surface area (Å²) in [5.74, 6) is -1.55. The van der Waals surface area contributed by atoms with E-state index in [4.69, 9.17) is 18.9 Å². The zero-order valence-corrected chi connectivity index (χ0v) is 32.3. The zero-order chi connectivity index (χ0) is 40.3. The lowest BCUT2D eigenvalue weighted by Gasteiger charge is -2.54. The Kier molecular flexibility index (Phi) is 11.4. The summed E-state index contributed by atoms with van der Waals surface area (Å²) in [6.45, 7) is 1.09. The lowest BCUT2D eigenvalue weighted by atomic mass is 9.52. The van der Waals surface area contributed by atoms with E-state index in [0.717, 1.165) is 38.6 Å². The van der Waals surface area contributed by atoms with Crippen LogP contribution < -0.4 is 9.47 Å². The van der Waals surface area contributed by atoms with Crippen LogP contribution in [0.1, 0.15) is 65.8 Å². The Labute approximate surface area is 331 Å². The first-order valence-electron chi connectivity index (χ1n) is 19.2. The Morgan fingerprint density at radius 3 is 2.28 bits per heavy atom. The van der Waals surface area contributed by atoms with Crippen LogP contribution in [-0.2, 0) is 31.9 Å². The Morgan fingerprint density at radius 2 is 1.54 bits per heavy atom. The number of hydrogen-bond acceptors (Lipinski definition) is 10. The van der Waals surface area contributed by atoms with Gasteiger partial charge in [0.2, 0.25) is 0 Å². The number of hydrogen-bond donors (Lipinski definition) is 4. The standard InChI is InChI=1S/C47H48O10/c1-28(49)56-43-24-37(57-46(53)18-30-9-10-32-19-36(50)13-11-31(32)17-30)20-35(33-12-14-41(51)44(22-33)54-2)26-47(16-15-29-7-5-4-6-8-29)39(43)21-34-23-45(55-3)42(52)25-38(34)40(47)27-48/h4-17,19,22-23,25,35,37,39-40,43,48,50-52H,18,20-21,24,26-27H2,1-3H3. The summed E-state index contributed by atoms with van der Waals surface area (Å²) in [6, 6.07) is 29.2. The summed E-state index contributed by atoms with van der Waals surface area (Å²) in [5.41, 5.74) is 3.26. The summed E-state index contributed by atoms with van der Waals surface area (Å²) >= 11 is 0. The molecule has 0 aromatic heterocycles. The van der Waals surface area contributed by atoms with Crippen molar-refractivity contribution in [2.24, 2.45) is 11.3 Å². The molecule has 1 fully saturated rings. The molecule has 0 spiro atoms. The Bertz CT molecular complexity index is 2280. The van der Waals surface area contributed by atoms with Gasteiger partial charge in [0.1, 0.15) is 18.0 Å². The van der Waals surface area contributed by atoms with E-state index in [9.17, 15) is 30.0 Å². The normalized spacial score (nSPS) is 23.1. The number of fused-ring (bicyclic) bond motifs is 3. The molecule has 5 aromatic carbocycles. The number of aromatic hydroxyl groups is 3. The number of aliphatic hydroxyl groups excluding tert-OH is 1. The van der Waals surface area contributed by atoms with E-state index in [0.29, 0.717) is 30.8 Å². The van der Waals surface area contributed by atoms with E-state index in [2.05, 4.69) is 6.08 Å². The Morgan fingerprint density at radius 1 is 0.807 bits per heavy atom. The highest BCUT2D eigenvalue weighted by Gasteiger charge is 2.54. The predicted molar refractivity (Wildman–Crippen MR) is 216 cm³/mol. The van der Waals surface area contributed by atoms with Crippen LogP contribution in [0.25, 0.3) is 16.8 Å². The van der Waals surface area contributed by atoms with Gasteiger partial charge < -0.3 is 39.4 Å². The molecule has 57 heavy (non-hydrogen) atoms. The summed E-state index contributed by atoms with van der Waals surface area (Å²) in [5, 5.41) is 44.8. The first kappa shape index (κ1) is 39.2. The maximum atomic E-state index is 13.9. The van der Waals surface area contributed by atoms with Crippen molar-refractivity contribution in [3.63, 3.8) is 0 Å². The molecule has 0 amide bonds. The van der Waals surface area contributed by atoms with Crippen molar-refractivity contribution in [3.8, 4) is 28.7 Å². The van der Waals surface area contributed by atoms with Crippen LogP contribution in [0.15, 0.2) is 103 Å². The second-order valence-electron chi connectivity index (χ2n) is 15.2. The SMILES string of the molecule is COc1cc(C2CC(OC(=O)Cc3ccc4cc(O)ccc4c3)CC(OC(C)=O)C3Cc4cc(OC)c(O)cc4C(CO)C3(C=Cc3ccccc3)C2)ccc1O. The maximum absolute atomic E-state index is 13.9. The van der Waals surface area contributed by atoms with Crippen LogP contribution in [0.5, 0.6) is 28.7 Å². The van der Waals surface area contributed by atoms with Gasteiger partial charge in [-0.05, 0) is 100 Å². The van der Waals surface area contributed by atoms with Crippen LogP contribution in [-0.4, -0.2) is 65.4 Å². The zero-order valence-electron chi connectivity index (χ0n) is 32.3. The number of phenols is 3. The van der Waals surface area contributed by atoms with Crippen molar-refractivity contribution in [1.82, 2.24) is 0 Å². The topological polar surface area (TPSA) is 152 Å².